The molecule has 0 saturated carbocycles. The molecule has 0 bridgehead atoms. The average Bonchev–Trinajstić information content (AvgIpc) is 2.47. The topological polar surface area (TPSA) is 63.3 Å². The molecular formula is C7H6F3NO3. The van der Waals surface area contributed by atoms with Gasteiger partial charge in [-0.1, -0.05) is 5.16 Å². The van der Waals surface area contributed by atoms with E-state index < -0.39 is 25.0 Å². The molecule has 0 unspecified atom stereocenters. The summed E-state index contributed by atoms with van der Waals surface area (Å²) >= 11 is 0. The zero-order valence-corrected chi connectivity index (χ0v) is 6.84. The maximum atomic E-state index is 11.7. The summed E-state index contributed by atoms with van der Waals surface area (Å²) in [6.07, 6.45) is -5.73. The lowest BCUT2D eigenvalue weighted by Crippen LogP contribution is -2.08. The first-order chi connectivity index (χ1) is 6.38. The van der Waals surface area contributed by atoms with E-state index in [1.54, 1.807) is 0 Å². The fourth-order valence-corrected chi connectivity index (χ4v) is 0.797. The summed E-state index contributed by atoms with van der Waals surface area (Å²) in [5.74, 6) is -1.41. The van der Waals surface area contributed by atoms with Crippen LogP contribution in [-0.4, -0.2) is 22.4 Å². The molecule has 14 heavy (non-hydrogen) atoms. The molecule has 0 aliphatic rings. The van der Waals surface area contributed by atoms with E-state index in [1.807, 2.05) is 0 Å². The zero-order valence-electron chi connectivity index (χ0n) is 6.84. The van der Waals surface area contributed by atoms with E-state index in [4.69, 9.17) is 5.11 Å². The van der Waals surface area contributed by atoms with Crippen LogP contribution in [-0.2, 0) is 6.42 Å². The number of nitrogens with zero attached hydrogens (tertiary/aromatic N) is 1. The molecule has 0 fully saturated rings. The summed E-state index contributed by atoms with van der Waals surface area (Å²) in [7, 11) is 0. The molecule has 1 heterocycles. The second kappa shape index (κ2) is 3.69. The van der Waals surface area contributed by atoms with Crippen molar-refractivity contribution >= 4 is 5.97 Å². The molecule has 78 valence electrons. The first-order valence-electron chi connectivity index (χ1n) is 3.64. The Kier molecular flexibility index (Phi) is 2.78. The van der Waals surface area contributed by atoms with Gasteiger partial charge in [0, 0.05) is 12.5 Å². The molecule has 1 N–H and O–H groups in total. The second-order valence-electron chi connectivity index (χ2n) is 2.60. The van der Waals surface area contributed by atoms with Gasteiger partial charge in [0.2, 0.25) is 0 Å². The van der Waals surface area contributed by atoms with Crippen LogP contribution in [0.2, 0.25) is 0 Å². The van der Waals surface area contributed by atoms with Gasteiger partial charge < -0.3 is 9.63 Å². The van der Waals surface area contributed by atoms with Crippen LogP contribution >= 0.6 is 0 Å². The number of alkyl halides is 3. The van der Waals surface area contributed by atoms with Crippen molar-refractivity contribution in [3.8, 4) is 0 Å². The first-order valence-corrected chi connectivity index (χ1v) is 3.64. The fourth-order valence-electron chi connectivity index (χ4n) is 0.797. The Hall–Kier alpha value is -1.53. The SMILES string of the molecule is O=C(O)c1cc(CCC(F)(F)F)on1. The van der Waals surface area contributed by atoms with Gasteiger partial charge in [-0.15, -0.1) is 0 Å². The number of hydrogen-bond acceptors (Lipinski definition) is 3. The molecule has 0 spiro atoms. The van der Waals surface area contributed by atoms with Gasteiger partial charge in [0.15, 0.2) is 5.69 Å². The van der Waals surface area contributed by atoms with Crippen molar-refractivity contribution in [2.75, 3.05) is 0 Å². The van der Waals surface area contributed by atoms with Gasteiger partial charge in [-0.25, -0.2) is 4.79 Å². The van der Waals surface area contributed by atoms with E-state index in [0.717, 1.165) is 6.07 Å². The highest BCUT2D eigenvalue weighted by molar-refractivity contribution is 5.85. The van der Waals surface area contributed by atoms with Crippen LogP contribution in [0.4, 0.5) is 13.2 Å². The number of carbonyl (C=O) groups is 1. The number of rotatable bonds is 3. The van der Waals surface area contributed by atoms with E-state index in [-0.39, 0.29) is 11.5 Å². The molecule has 0 aliphatic heterocycles. The number of aromatic carboxylic acids is 1. The van der Waals surface area contributed by atoms with E-state index in [0.29, 0.717) is 0 Å². The third-order valence-corrected chi connectivity index (χ3v) is 1.43. The largest absolute Gasteiger partial charge is 0.476 e. The lowest BCUT2D eigenvalue weighted by atomic mass is 10.2. The van der Waals surface area contributed by atoms with Crippen LogP contribution in [0.15, 0.2) is 10.6 Å². The maximum absolute atomic E-state index is 11.7. The minimum absolute atomic E-state index is 0.0836. The Bertz CT molecular complexity index is 331. The minimum Gasteiger partial charge on any atom is -0.476 e. The highest BCUT2D eigenvalue weighted by Gasteiger charge is 2.27. The molecule has 0 aromatic carbocycles. The van der Waals surface area contributed by atoms with Crippen molar-refractivity contribution < 1.29 is 27.6 Å². The second-order valence-corrected chi connectivity index (χ2v) is 2.60. The predicted octanol–water partition coefficient (Wildman–Crippen LogP) is 1.87. The number of carboxylic acids is 1. The molecule has 0 radical (unpaired) electrons. The van der Waals surface area contributed by atoms with E-state index >= 15 is 0 Å². The summed E-state index contributed by atoms with van der Waals surface area (Å²) < 4.78 is 39.6. The van der Waals surface area contributed by atoms with Crippen LogP contribution in [0, 0.1) is 0 Å². The first kappa shape index (κ1) is 10.6. The van der Waals surface area contributed by atoms with Crippen LogP contribution in [0.3, 0.4) is 0 Å². The van der Waals surface area contributed by atoms with Crippen LogP contribution in [0.1, 0.15) is 22.7 Å². The molecular weight excluding hydrogens is 203 g/mol. The molecule has 0 atom stereocenters. The Balaban J connectivity index is 2.56. The monoisotopic (exact) mass is 209 g/mol. The maximum Gasteiger partial charge on any atom is 0.389 e. The number of aryl methyl sites for hydroxylation is 1. The highest BCUT2D eigenvalue weighted by atomic mass is 19.4. The van der Waals surface area contributed by atoms with Crippen molar-refractivity contribution in [1.82, 2.24) is 5.16 Å². The van der Waals surface area contributed by atoms with Gasteiger partial charge in [0.05, 0.1) is 6.42 Å². The van der Waals surface area contributed by atoms with Crippen molar-refractivity contribution in [2.24, 2.45) is 0 Å². The Morgan fingerprint density at radius 2 is 2.21 bits per heavy atom. The quantitative estimate of drug-likeness (QED) is 0.825. The molecule has 1 aromatic heterocycles. The Morgan fingerprint density at radius 3 is 2.64 bits per heavy atom. The summed E-state index contributed by atoms with van der Waals surface area (Å²) in [4.78, 5) is 10.3. The van der Waals surface area contributed by atoms with Crippen molar-refractivity contribution in [3.05, 3.63) is 17.5 Å². The molecule has 1 rings (SSSR count). The zero-order chi connectivity index (χ0) is 10.8. The van der Waals surface area contributed by atoms with E-state index in [1.165, 1.54) is 0 Å². The summed E-state index contributed by atoms with van der Waals surface area (Å²) in [6, 6.07) is 0.980. The van der Waals surface area contributed by atoms with Crippen molar-refractivity contribution in [1.29, 1.82) is 0 Å². The average molecular weight is 209 g/mol. The van der Waals surface area contributed by atoms with Gasteiger partial charge in [0.25, 0.3) is 0 Å². The van der Waals surface area contributed by atoms with Crippen molar-refractivity contribution in [2.45, 2.75) is 19.0 Å². The number of hydrogen-bond donors (Lipinski definition) is 1. The normalized spacial score (nSPS) is 11.6. The van der Waals surface area contributed by atoms with E-state index in [9.17, 15) is 18.0 Å². The van der Waals surface area contributed by atoms with Gasteiger partial charge in [-0.2, -0.15) is 13.2 Å². The van der Waals surface area contributed by atoms with Crippen molar-refractivity contribution in [3.63, 3.8) is 0 Å². The fraction of sp³-hybridized carbons (Fsp3) is 0.429. The van der Waals surface area contributed by atoms with Crippen LogP contribution in [0.5, 0.6) is 0 Å². The molecule has 4 nitrogen and oxygen atoms in total. The lowest BCUT2D eigenvalue weighted by Gasteiger charge is -2.02. The standard InChI is InChI=1S/C7H6F3NO3/c8-7(9,10)2-1-4-3-5(6(12)13)11-14-4/h3H,1-2H2,(H,12,13). The molecule has 1 aromatic rings. The number of carboxylic acid groups (broad SMARTS) is 1. The molecule has 7 heteroatoms. The van der Waals surface area contributed by atoms with Gasteiger partial charge in [-0.05, 0) is 0 Å². The van der Waals surface area contributed by atoms with Gasteiger partial charge in [0.1, 0.15) is 5.76 Å². The Morgan fingerprint density at radius 1 is 1.57 bits per heavy atom. The third-order valence-electron chi connectivity index (χ3n) is 1.43. The van der Waals surface area contributed by atoms with Gasteiger partial charge in [-0.3, -0.25) is 0 Å². The molecule has 0 aliphatic carbocycles. The van der Waals surface area contributed by atoms with Gasteiger partial charge >= 0.3 is 12.1 Å². The smallest absolute Gasteiger partial charge is 0.389 e. The Labute approximate surface area is 76.3 Å². The summed E-state index contributed by atoms with van der Waals surface area (Å²) in [5.41, 5.74) is -0.387. The molecule has 0 amide bonds. The third kappa shape index (κ3) is 3.08. The number of aromatic nitrogens is 1. The van der Waals surface area contributed by atoms with E-state index in [2.05, 4.69) is 9.68 Å². The summed E-state index contributed by atoms with van der Waals surface area (Å²) in [6.45, 7) is 0. The molecule has 0 saturated heterocycles. The lowest BCUT2D eigenvalue weighted by molar-refractivity contribution is -0.134. The highest BCUT2D eigenvalue weighted by Crippen LogP contribution is 2.22. The summed E-state index contributed by atoms with van der Waals surface area (Å²) in [5, 5.41) is 11.5. The van der Waals surface area contributed by atoms with Crippen LogP contribution in [0.25, 0.3) is 0 Å². The number of halogens is 3. The minimum atomic E-state index is -4.28. The van der Waals surface area contributed by atoms with Crippen LogP contribution < -0.4 is 0 Å². The predicted molar refractivity (Wildman–Crippen MR) is 37.8 cm³/mol.